The molecule has 0 bridgehead atoms. The van der Waals surface area contributed by atoms with Crippen molar-refractivity contribution in [2.75, 3.05) is 11.1 Å². The predicted octanol–water partition coefficient (Wildman–Crippen LogP) is 2.11. The summed E-state index contributed by atoms with van der Waals surface area (Å²) in [6.45, 7) is 7.10. The van der Waals surface area contributed by atoms with Crippen LogP contribution in [0, 0.1) is 5.92 Å². The van der Waals surface area contributed by atoms with Gasteiger partial charge in [-0.05, 0) is 38.0 Å². The van der Waals surface area contributed by atoms with E-state index in [1.165, 1.54) is 0 Å². The van der Waals surface area contributed by atoms with E-state index in [-0.39, 0.29) is 18.4 Å². The highest BCUT2D eigenvalue weighted by Gasteiger charge is 2.20. The fourth-order valence-electron chi connectivity index (χ4n) is 1.81. The first-order valence-corrected chi connectivity index (χ1v) is 9.75. The van der Waals surface area contributed by atoms with Gasteiger partial charge in [-0.15, -0.1) is 0 Å². The van der Waals surface area contributed by atoms with Gasteiger partial charge in [0.15, 0.2) is 9.84 Å². The van der Waals surface area contributed by atoms with Gasteiger partial charge < -0.3 is 10.6 Å². The highest BCUT2D eigenvalue weighted by molar-refractivity contribution is 7.92. The molecule has 0 saturated carbocycles. The Kier molecular flexibility index (Phi) is 7.41. The molecule has 1 aromatic rings. The maximum atomic E-state index is 11.9. The summed E-state index contributed by atoms with van der Waals surface area (Å²) in [6.07, 6.45) is 0.756. The van der Waals surface area contributed by atoms with Crippen molar-refractivity contribution in [3.63, 3.8) is 0 Å². The summed E-state index contributed by atoms with van der Waals surface area (Å²) < 4.78 is 23.4. The Morgan fingerprint density at radius 3 is 2.42 bits per heavy atom. The van der Waals surface area contributed by atoms with E-state index in [1.807, 2.05) is 13.8 Å². The number of nitrogens with one attached hydrogen (secondary N) is 2. The molecule has 0 aromatic heterocycles. The van der Waals surface area contributed by atoms with Crippen molar-refractivity contribution in [2.24, 2.45) is 5.92 Å². The zero-order chi connectivity index (χ0) is 18.3. The number of carbonyl (C=O) groups is 2. The highest BCUT2D eigenvalue weighted by Crippen LogP contribution is 2.13. The molecule has 7 heteroatoms. The molecule has 0 spiro atoms. The largest absolute Gasteiger partial charge is 0.351 e. The molecule has 0 aliphatic rings. The zero-order valence-corrected chi connectivity index (χ0v) is 15.4. The van der Waals surface area contributed by atoms with Gasteiger partial charge in [0.2, 0.25) is 11.8 Å². The number of carbonyl (C=O) groups excluding carboxylic acids is 2. The van der Waals surface area contributed by atoms with Gasteiger partial charge >= 0.3 is 0 Å². The minimum Gasteiger partial charge on any atom is -0.351 e. The number of hydrogen-bond donors (Lipinski definition) is 2. The average molecular weight is 354 g/mol. The Labute approximate surface area is 143 Å². The zero-order valence-electron chi connectivity index (χ0n) is 14.6. The second-order valence-corrected chi connectivity index (χ2v) is 8.69. The first kappa shape index (κ1) is 20.2. The van der Waals surface area contributed by atoms with E-state index in [0.717, 1.165) is 12.0 Å². The third-order valence-electron chi connectivity index (χ3n) is 3.79. The van der Waals surface area contributed by atoms with Crippen molar-refractivity contribution in [1.29, 1.82) is 0 Å². The molecule has 24 heavy (non-hydrogen) atoms. The number of amides is 2. The molecule has 0 fully saturated rings. The van der Waals surface area contributed by atoms with Crippen molar-refractivity contribution >= 4 is 27.3 Å². The van der Waals surface area contributed by atoms with Crippen LogP contribution in [0.4, 0.5) is 5.69 Å². The predicted molar refractivity (Wildman–Crippen MR) is 95.3 cm³/mol. The fourth-order valence-corrected chi connectivity index (χ4v) is 2.61. The summed E-state index contributed by atoms with van der Waals surface area (Å²) in [6, 6.07) is 7.11. The van der Waals surface area contributed by atoms with Gasteiger partial charge in [-0.3, -0.25) is 9.59 Å². The molecule has 0 saturated heterocycles. The van der Waals surface area contributed by atoms with Gasteiger partial charge in [0.1, 0.15) is 5.75 Å². The van der Waals surface area contributed by atoms with Crippen LogP contribution in [-0.4, -0.2) is 31.2 Å². The molecule has 2 amide bonds. The van der Waals surface area contributed by atoms with Crippen LogP contribution < -0.4 is 10.6 Å². The summed E-state index contributed by atoms with van der Waals surface area (Å²) in [5.74, 6) is -1.18. The highest BCUT2D eigenvalue weighted by atomic mass is 32.2. The SMILES string of the molecule is CCC(C)C(=O)Nc1cccc(CNC(=O)CS(=O)(=O)C(C)C)c1. The van der Waals surface area contributed by atoms with Gasteiger partial charge in [-0.25, -0.2) is 8.42 Å². The average Bonchev–Trinajstić information content (AvgIpc) is 2.51. The molecule has 2 N–H and O–H groups in total. The number of rotatable bonds is 8. The van der Waals surface area contributed by atoms with E-state index >= 15 is 0 Å². The smallest absolute Gasteiger partial charge is 0.235 e. The quantitative estimate of drug-likeness (QED) is 0.748. The maximum absolute atomic E-state index is 11.9. The minimum atomic E-state index is -3.41. The lowest BCUT2D eigenvalue weighted by atomic mass is 10.1. The lowest BCUT2D eigenvalue weighted by Crippen LogP contribution is -2.32. The Morgan fingerprint density at radius 1 is 1.17 bits per heavy atom. The minimum absolute atomic E-state index is 0.0540. The van der Waals surface area contributed by atoms with Crippen molar-refractivity contribution in [2.45, 2.75) is 45.9 Å². The van der Waals surface area contributed by atoms with E-state index in [1.54, 1.807) is 38.1 Å². The Hall–Kier alpha value is -1.89. The monoisotopic (exact) mass is 354 g/mol. The second-order valence-electron chi connectivity index (χ2n) is 6.13. The Bertz CT molecular complexity index is 684. The van der Waals surface area contributed by atoms with E-state index < -0.39 is 26.7 Å². The van der Waals surface area contributed by atoms with Crippen LogP contribution in [0.2, 0.25) is 0 Å². The number of hydrogen-bond acceptors (Lipinski definition) is 4. The van der Waals surface area contributed by atoms with Crippen LogP contribution in [0.1, 0.15) is 39.7 Å². The summed E-state index contributed by atoms with van der Waals surface area (Å²) in [5, 5.41) is 4.84. The molecule has 0 radical (unpaired) electrons. The molecule has 6 nitrogen and oxygen atoms in total. The molecule has 1 rings (SSSR count). The summed E-state index contributed by atoms with van der Waals surface area (Å²) >= 11 is 0. The topological polar surface area (TPSA) is 92.3 Å². The first-order valence-electron chi connectivity index (χ1n) is 8.03. The number of benzene rings is 1. The normalized spacial score (nSPS) is 12.7. The van der Waals surface area contributed by atoms with E-state index in [2.05, 4.69) is 10.6 Å². The summed E-state index contributed by atoms with van der Waals surface area (Å²) in [7, 11) is -3.41. The molecule has 0 aliphatic carbocycles. The fraction of sp³-hybridized carbons (Fsp3) is 0.529. The van der Waals surface area contributed by atoms with Crippen LogP contribution in [0.3, 0.4) is 0 Å². The van der Waals surface area contributed by atoms with Gasteiger partial charge in [0, 0.05) is 18.2 Å². The molecule has 1 atom stereocenters. The van der Waals surface area contributed by atoms with Crippen LogP contribution in [0.15, 0.2) is 24.3 Å². The molecule has 0 aliphatic heterocycles. The van der Waals surface area contributed by atoms with E-state index in [9.17, 15) is 18.0 Å². The van der Waals surface area contributed by atoms with E-state index in [4.69, 9.17) is 0 Å². The maximum Gasteiger partial charge on any atom is 0.235 e. The molecule has 1 aromatic carbocycles. The van der Waals surface area contributed by atoms with Crippen LogP contribution in [0.5, 0.6) is 0 Å². The lowest BCUT2D eigenvalue weighted by molar-refractivity contribution is -0.120. The molecular formula is C17H26N2O4S. The van der Waals surface area contributed by atoms with Crippen molar-refractivity contribution in [3.05, 3.63) is 29.8 Å². The third-order valence-corrected chi connectivity index (χ3v) is 5.90. The van der Waals surface area contributed by atoms with Crippen molar-refractivity contribution in [3.8, 4) is 0 Å². The van der Waals surface area contributed by atoms with Crippen LogP contribution in [0.25, 0.3) is 0 Å². The first-order chi connectivity index (χ1) is 11.2. The van der Waals surface area contributed by atoms with Crippen molar-refractivity contribution < 1.29 is 18.0 Å². The number of anilines is 1. The molecular weight excluding hydrogens is 328 g/mol. The standard InChI is InChI=1S/C17H26N2O4S/c1-5-13(4)17(21)19-15-8-6-7-14(9-15)10-18-16(20)11-24(22,23)12(2)3/h6-9,12-13H,5,10-11H2,1-4H3,(H,18,20)(H,19,21). The third kappa shape index (κ3) is 6.31. The second kappa shape index (κ2) is 8.82. The molecule has 0 heterocycles. The summed E-state index contributed by atoms with van der Waals surface area (Å²) in [4.78, 5) is 23.7. The molecule has 1 unspecified atom stereocenters. The van der Waals surface area contributed by atoms with Gasteiger partial charge in [-0.2, -0.15) is 0 Å². The van der Waals surface area contributed by atoms with Gasteiger partial charge in [0.05, 0.1) is 5.25 Å². The Morgan fingerprint density at radius 2 is 1.83 bits per heavy atom. The Balaban J connectivity index is 2.62. The molecule has 134 valence electrons. The lowest BCUT2D eigenvalue weighted by Gasteiger charge is -2.12. The summed E-state index contributed by atoms with van der Waals surface area (Å²) in [5.41, 5.74) is 1.44. The van der Waals surface area contributed by atoms with E-state index in [0.29, 0.717) is 5.69 Å². The van der Waals surface area contributed by atoms with Crippen LogP contribution >= 0.6 is 0 Å². The number of sulfone groups is 1. The van der Waals surface area contributed by atoms with Gasteiger partial charge in [-0.1, -0.05) is 26.0 Å². The van der Waals surface area contributed by atoms with Gasteiger partial charge in [0.25, 0.3) is 0 Å². The van der Waals surface area contributed by atoms with Crippen LogP contribution in [-0.2, 0) is 26.0 Å². The van der Waals surface area contributed by atoms with Crippen molar-refractivity contribution in [1.82, 2.24) is 5.32 Å².